The minimum absolute atomic E-state index is 0.314. The zero-order chi connectivity index (χ0) is 19.7. The Morgan fingerprint density at radius 1 is 1.21 bits per heavy atom. The summed E-state index contributed by atoms with van der Waals surface area (Å²) in [7, 11) is 3.21. The molecule has 0 amide bonds. The second-order valence-electron chi connectivity index (χ2n) is 6.74. The zero-order valence-electron chi connectivity index (χ0n) is 15.8. The highest BCUT2D eigenvalue weighted by Crippen LogP contribution is 2.44. The average molecular weight is 398 g/mol. The Kier molecular flexibility index (Phi) is 5.19. The van der Waals surface area contributed by atoms with Crippen LogP contribution in [0.5, 0.6) is 11.5 Å². The standard InChI is InChI=1S/C21H22N2O4S/c1-26-16-10-5-7-13(19(16)27-2)18(23-12-6-9-15(23)21(24)25)20-22-14-8-3-4-11-17(14)28-20/h3-5,7-8,10-11,15,18H,6,9,12H2,1-2H3,(H,24,25). The number of aromatic nitrogens is 1. The van der Waals surface area contributed by atoms with E-state index in [9.17, 15) is 9.90 Å². The number of nitrogens with zero attached hydrogens (tertiary/aromatic N) is 2. The van der Waals surface area contributed by atoms with E-state index in [-0.39, 0.29) is 6.04 Å². The molecule has 0 saturated carbocycles. The van der Waals surface area contributed by atoms with E-state index in [0.29, 0.717) is 24.5 Å². The van der Waals surface area contributed by atoms with Crippen LogP contribution in [0.1, 0.15) is 29.5 Å². The van der Waals surface area contributed by atoms with E-state index in [1.165, 1.54) is 0 Å². The number of hydrogen-bond acceptors (Lipinski definition) is 6. The van der Waals surface area contributed by atoms with Crippen LogP contribution in [0.15, 0.2) is 42.5 Å². The molecule has 2 heterocycles. The highest BCUT2D eigenvalue weighted by Gasteiger charge is 2.39. The second kappa shape index (κ2) is 7.77. The number of benzene rings is 2. The van der Waals surface area contributed by atoms with Gasteiger partial charge in [0.1, 0.15) is 11.0 Å². The average Bonchev–Trinajstić information content (AvgIpc) is 3.35. The van der Waals surface area contributed by atoms with E-state index in [0.717, 1.165) is 27.2 Å². The molecule has 3 aromatic rings. The molecule has 2 unspecified atom stereocenters. The molecule has 0 spiro atoms. The molecular weight excluding hydrogens is 376 g/mol. The lowest BCUT2D eigenvalue weighted by molar-refractivity contribution is -0.142. The number of hydrogen-bond donors (Lipinski definition) is 1. The molecule has 0 aliphatic carbocycles. The molecule has 1 aromatic heterocycles. The molecule has 1 N–H and O–H groups in total. The Morgan fingerprint density at radius 2 is 2.04 bits per heavy atom. The van der Waals surface area contributed by atoms with Crippen LogP contribution in [-0.4, -0.2) is 47.8 Å². The summed E-state index contributed by atoms with van der Waals surface area (Å²) >= 11 is 1.59. The molecule has 7 heteroatoms. The number of rotatable bonds is 6. The van der Waals surface area contributed by atoms with Crippen molar-refractivity contribution in [3.63, 3.8) is 0 Å². The molecular formula is C21H22N2O4S. The maximum atomic E-state index is 11.9. The van der Waals surface area contributed by atoms with E-state index in [2.05, 4.69) is 0 Å². The summed E-state index contributed by atoms with van der Waals surface area (Å²) in [6, 6.07) is 12.8. The molecule has 4 rings (SSSR count). The Bertz CT molecular complexity index is 970. The minimum Gasteiger partial charge on any atom is -0.493 e. The van der Waals surface area contributed by atoms with Crippen LogP contribution >= 0.6 is 11.3 Å². The molecule has 0 bridgehead atoms. The van der Waals surface area contributed by atoms with Gasteiger partial charge in [0.25, 0.3) is 0 Å². The van der Waals surface area contributed by atoms with Gasteiger partial charge in [-0.1, -0.05) is 24.3 Å². The Morgan fingerprint density at radius 3 is 2.75 bits per heavy atom. The van der Waals surface area contributed by atoms with Crippen molar-refractivity contribution >= 4 is 27.5 Å². The first kappa shape index (κ1) is 18.7. The number of carboxylic acid groups (broad SMARTS) is 1. The van der Waals surface area contributed by atoms with Crippen molar-refractivity contribution in [2.24, 2.45) is 0 Å². The number of likely N-dealkylation sites (tertiary alicyclic amines) is 1. The van der Waals surface area contributed by atoms with E-state index in [1.54, 1.807) is 25.6 Å². The largest absolute Gasteiger partial charge is 0.493 e. The number of aliphatic carboxylic acids is 1. The lowest BCUT2D eigenvalue weighted by Crippen LogP contribution is -2.39. The summed E-state index contributed by atoms with van der Waals surface area (Å²) in [5.41, 5.74) is 1.79. The summed E-state index contributed by atoms with van der Waals surface area (Å²) in [5, 5.41) is 10.6. The summed E-state index contributed by atoms with van der Waals surface area (Å²) in [6.45, 7) is 0.692. The van der Waals surface area contributed by atoms with E-state index < -0.39 is 12.0 Å². The van der Waals surface area contributed by atoms with Crippen molar-refractivity contribution in [2.45, 2.75) is 24.9 Å². The second-order valence-corrected chi connectivity index (χ2v) is 7.80. The van der Waals surface area contributed by atoms with Crippen LogP contribution in [0.25, 0.3) is 10.2 Å². The predicted octanol–water partition coefficient (Wildman–Crippen LogP) is 3.95. The Hall–Kier alpha value is -2.64. The van der Waals surface area contributed by atoms with Gasteiger partial charge in [-0.2, -0.15) is 0 Å². The maximum absolute atomic E-state index is 11.9. The van der Waals surface area contributed by atoms with E-state index >= 15 is 0 Å². The molecule has 0 radical (unpaired) electrons. The highest BCUT2D eigenvalue weighted by atomic mass is 32.1. The van der Waals surface area contributed by atoms with E-state index in [4.69, 9.17) is 14.5 Å². The SMILES string of the molecule is COc1cccc(C(c2nc3ccccc3s2)N2CCCC2C(=O)O)c1OC. The third kappa shape index (κ3) is 3.21. The van der Waals surface area contributed by atoms with Gasteiger partial charge >= 0.3 is 5.97 Å². The monoisotopic (exact) mass is 398 g/mol. The van der Waals surface area contributed by atoms with Crippen LogP contribution in [0.4, 0.5) is 0 Å². The first-order valence-corrected chi connectivity index (χ1v) is 10.0. The van der Waals surface area contributed by atoms with Crippen molar-refractivity contribution in [2.75, 3.05) is 20.8 Å². The van der Waals surface area contributed by atoms with Crippen molar-refractivity contribution in [1.82, 2.24) is 9.88 Å². The first-order chi connectivity index (χ1) is 13.6. The number of thiazole rings is 1. The fourth-order valence-corrected chi connectivity index (χ4v) is 5.06. The van der Waals surface area contributed by atoms with Crippen LogP contribution in [0.2, 0.25) is 0 Å². The molecule has 28 heavy (non-hydrogen) atoms. The summed E-state index contributed by atoms with van der Waals surface area (Å²) in [6.07, 6.45) is 1.47. The molecule has 146 valence electrons. The van der Waals surface area contributed by atoms with Gasteiger partial charge in [-0.05, 0) is 31.0 Å². The van der Waals surface area contributed by atoms with Gasteiger partial charge in [0.15, 0.2) is 11.5 Å². The van der Waals surface area contributed by atoms with Crippen molar-refractivity contribution in [1.29, 1.82) is 0 Å². The van der Waals surface area contributed by atoms with Gasteiger partial charge in [0.2, 0.25) is 0 Å². The van der Waals surface area contributed by atoms with Gasteiger partial charge in [0.05, 0.1) is 30.5 Å². The van der Waals surface area contributed by atoms with Crippen molar-refractivity contribution in [3.05, 3.63) is 53.0 Å². The molecule has 1 saturated heterocycles. The lowest BCUT2D eigenvalue weighted by Gasteiger charge is -2.31. The Labute approximate surface area is 167 Å². The van der Waals surface area contributed by atoms with Gasteiger partial charge in [0, 0.05) is 12.1 Å². The van der Waals surface area contributed by atoms with Crippen LogP contribution < -0.4 is 9.47 Å². The molecule has 1 fully saturated rings. The van der Waals surface area contributed by atoms with Gasteiger partial charge in [-0.15, -0.1) is 11.3 Å². The quantitative estimate of drug-likeness (QED) is 0.678. The van der Waals surface area contributed by atoms with Crippen molar-refractivity contribution < 1.29 is 19.4 Å². The third-order valence-corrected chi connectivity index (χ3v) is 6.27. The number of para-hydroxylation sites is 2. The number of methoxy groups -OCH3 is 2. The fourth-order valence-electron chi connectivity index (χ4n) is 3.95. The first-order valence-electron chi connectivity index (χ1n) is 9.19. The Balaban J connectivity index is 1.91. The molecule has 6 nitrogen and oxygen atoms in total. The number of fused-ring (bicyclic) bond motifs is 1. The highest BCUT2D eigenvalue weighted by molar-refractivity contribution is 7.18. The minimum atomic E-state index is -0.800. The zero-order valence-corrected chi connectivity index (χ0v) is 16.6. The normalized spacial score (nSPS) is 18.3. The third-order valence-electron chi connectivity index (χ3n) is 5.18. The summed E-state index contributed by atoms with van der Waals surface area (Å²) < 4.78 is 12.2. The summed E-state index contributed by atoms with van der Waals surface area (Å²) in [4.78, 5) is 18.8. The van der Waals surface area contributed by atoms with Crippen LogP contribution in [-0.2, 0) is 4.79 Å². The summed E-state index contributed by atoms with van der Waals surface area (Å²) in [5.74, 6) is 0.438. The lowest BCUT2D eigenvalue weighted by atomic mass is 10.0. The number of carbonyl (C=O) groups is 1. The molecule has 2 atom stereocenters. The molecule has 2 aromatic carbocycles. The van der Waals surface area contributed by atoms with E-state index in [1.807, 2.05) is 47.4 Å². The molecule has 1 aliphatic rings. The van der Waals surface area contributed by atoms with Gasteiger partial charge in [-0.3, -0.25) is 9.69 Å². The maximum Gasteiger partial charge on any atom is 0.320 e. The topological polar surface area (TPSA) is 71.9 Å². The smallest absolute Gasteiger partial charge is 0.320 e. The fraction of sp³-hybridized carbons (Fsp3) is 0.333. The number of carboxylic acids is 1. The van der Waals surface area contributed by atoms with Gasteiger partial charge in [-0.25, -0.2) is 4.98 Å². The van der Waals surface area contributed by atoms with Crippen LogP contribution in [0, 0.1) is 0 Å². The van der Waals surface area contributed by atoms with Crippen LogP contribution in [0.3, 0.4) is 0 Å². The van der Waals surface area contributed by atoms with Crippen molar-refractivity contribution in [3.8, 4) is 11.5 Å². The van der Waals surface area contributed by atoms with Gasteiger partial charge < -0.3 is 14.6 Å². The molecule has 1 aliphatic heterocycles. The number of ether oxygens (including phenoxy) is 2. The predicted molar refractivity (Wildman–Crippen MR) is 108 cm³/mol.